The van der Waals surface area contributed by atoms with Gasteiger partial charge in [-0.15, -0.1) is 11.3 Å². The van der Waals surface area contributed by atoms with Crippen LogP contribution in [0.4, 0.5) is 10.5 Å². The largest absolute Gasteiger partial charge is 0.330 e. The molecule has 2 N–H and O–H groups in total. The highest BCUT2D eigenvalue weighted by Crippen LogP contribution is 2.35. The highest BCUT2D eigenvalue weighted by Gasteiger charge is 2.29. The Morgan fingerprint density at radius 1 is 1.11 bits per heavy atom. The molecule has 1 aromatic heterocycles. The Morgan fingerprint density at radius 2 is 1.75 bits per heavy atom. The van der Waals surface area contributed by atoms with Gasteiger partial charge in [0.15, 0.2) is 0 Å². The van der Waals surface area contributed by atoms with Crippen LogP contribution in [0.1, 0.15) is 50.1 Å². The molecule has 1 aliphatic heterocycles. The van der Waals surface area contributed by atoms with Gasteiger partial charge in [0.25, 0.3) is 0 Å². The first-order valence-electron chi connectivity index (χ1n) is 9.27. The maximum absolute atomic E-state index is 12.5. The maximum Gasteiger partial charge on any atom is 0.319 e. The molecule has 1 atom stereocenters. The predicted octanol–water partition coefficient (Wildman–Crippen LogP) is 4.31. The van der Waals surface area contributed by atoms with Crippen LogP contribution in [0.15, 0.2) is 41.8 Å². The summed E-state index contributed by atoms with van der Waals surface area (Å²) in [5.74, 6) is -0.262. The van der Waals surface area contributed by atoms with Crippen molar-refractivity contribution >= 4 is 34.9 Å². The van der Waals surface area contributed by atoms with Crippen molar-refractivity contribution in [1.29, 1.82) is 0 Å². The van der Waals surface area contributed by atoms with Crippen molar-refractivity contribution in [1.82, 2.24) is 10.2 Å². The SMILES string of the molecule is CC(C)(C)C(NC(=O)Nc1ccc(CN2C(=O)CCC2=O)cc1)c1cccs1. The standard InChI is InChI=1S/C21H25N3O3S/c1-21(2,3)19(16-5-4-12-28-16)23-20(27)22-15-8-6-14(7-9-15)13-24-17(25)10-11-18(24)26/h4-9,12,19H,10-11,13H2,1-3H3,(H2,22,23,27). The minimum atomic E-state index is -0.272. The molecule has 148 valence electrons. The predicted molar refractivity (Wildman–Crippen MR) is 110 cm³/mol. The second kappa shape index (κ2) is 8.14. The van der Waals surface area contributed by atoms with Gasteiger partial charge in [-0.2, -0.15) is 0 Å². The van der Waals surface area contributed by atoms with E-state index in [2.05, 4.69) is 31.4 Å². The van der Waals surface area contributed by atoms with Crippen molar-refractivity contribution < 1.29 is 14.4 Å². The zero-order valence-corrected chi connectivity index (χ0v) is 17.1. The number of likely N-dealkylation sites (tertiary alicyclic amines) is 1. The normalized spacial score (nSPS) is 15.6. The first-order valence-corrected chi connectivity index (χ1v) is 10.1. The lowest BCUT2D eigenvalue weighted by atomic mass is 9.86. The van der Waals surface area contributed by atoms with Crippen molar-refractivity contribution in [3.63, 3.8) is 0 Å². The number of thiophene rings is 1. The summed E-state index contributed by atoms with van der Waals surface area (Å²) in [6.45, 7) is 6.54. The second-order valence-electron chi connectivity index (χ2n) is 7.98. The van der Waals surface area contributed by atoms with Crippen LogP contribution >= 0.6 is 11.3 Å². The fourth-order valence-corrected chi connectivity index (χ4v) is 4.16. The van der Waals surface area contributed by atoms with E-state index in [1.54, 1.807) is 23.5 Å². The summed E-state index contributed by atoms with van der Waals surface area (Å²) in [7, 11) is 0. The van der Waals surface area contributed by atoms with E-state index < -0.39 is 0 Å². The fraction of sp³-hybridized carbons (Fsp3) is 0.381. The zero-order chi connectivity index (χ0) is 20.3. The molecule has 1 unspecified atom stereocenters. The van der Waals surface area contributed by atoms with E-state index in [4.69, 9.17) is 0 Å². The van der Waals surface area contributed by atoms with Crippen LogP contribution in [0, 0.1) is 5.41 Å². The van der Waals surface area contributed by atoms with Crippen LogP contribution < -0.4 is 10.6 Å². The number of nitrogens with zero attached hydrogens (tertiary/aromatic N) is 1. The first kappa shape index (κ1) is 20.1. The summed E-state index contributed by atoms with van der Waals surface area (Å²) in [5, 5.41) is 7.91. The van der Waals surface area contributed by atoms with Gasteiger partial charge in [-0.3, -0.25) is 14.5 Å². The molecule has 0 bridgehead atoms. The van der Waals surface area contributed by atoms with Gasteiger partial charge < -0.3 is 10.6 Å². The summed E-state index contributed by atoms with van der Waals surface area (Å²) in [4.78, 5) is 38.3. The number of hydrogen-bond acceptors (Lipinski definition) is 4. The molecule has 6 nitrogen and oxygen atoms in total. The van der Waals surface area contributed by atoms with Crippen molar-refractivity contribution in [3.05, 3.63) is 52.2 Å². The van der Waals surface area contributed by atoms with Crippen LogP contribution in [0.2, 0.25) is 0 Å². The summed E-state index contributed by atoms with van der Waals surface area (Å²) >= 11 is 1.62. The van der Waals surface area contributed by atoms with Crippen LogP contribution in [-0.2, 0) is 16.1 Å². The maximum atomic E-state index is 12.5. The van der Waals surface area contributed by atoms with E-state index in [0.29, 0.717) is 5.69 Å². The number of hydrogen-bond donors (Lipinski definition) is 2. The minimum absolute atomic E-state index is 0.0982. The Labute approximate surface area is 168 Å². The third kappa shape index (κ3) is 4.78. The summed E-state index contributed by atoms with van der Waals surface area (Å²) in [5.41, 5.74) is 1.38. The minimum Gasteiger partial charge on any atom is -0.330 e. The van der Waals surface area contributed by atoms with Gasteiger partial charge in [-0.05, 0) is 34.6 Å². The van der Waals surface area contributed by atoms with Gasteiger partial charge in [0.1, 0.15) is 0 Å². The molecule has 1 aliphatic rings. The molecule has 28 heavy (non-hydrogen) atoms. The number of carbonyl (C=O) groups excluding carboxylic acids is 3. The lowest BCUT2D eigenvalue weighted by Gasteiger charge is -2.30. The van der Waals surface area contributed by atoms with Gasteiger partial charge in [-0.1, -0.05) is 39.0 Å². The average molecular weight is 400 g/mol. The fourth-order valence-electron chi connectivity index (χ4n) is 3.14. The van der Waals surface area contributed by atoms with Gasteiger partial charge in [0.05, 0.1) is 12.6 Å². The monoisotopic (exact) mass is 399 g/mol. The molecule has 0 aliphatic carbocycles. The molecular weight excluding hydrogens is 374 g/mol. The lowest BCUT2D eigenvalue weighted by Crippen LogP contribution is -2.38. The van der Waals surface area contributed by atoms with E-state index in [-0.39, 0.29) is 48.7 Å². The molecule has 2 aromatic rings. The van der Waals surface area contributed by atoms with Gasteiger partial charge in [-0.25, -0.2) is 4.79 Å². The molecule has 1 saturated heterocycles. The molecule has 1 fully saturated rings. The molecule has 0 spiro atoms. The highest BCUT2D eigenvalue weighted by molar-refractivity contribution is 7.10. The van der Waals surface area contributed by atoms with E-state index >= 15 is 0 Å². The van der Waals surface area contributed by atoms with Gasteiger partial charge >= 0.3 is 6.03 Å². The van der Waals surface area contributed by atoms with Crippen LogP contribution in [0.25, 0.3) is 0 Å². The van der Waals surface area contributed by atoms with E-state index in [9.17, 15) is 14.4 Å². The Kier molecular flexibility index (Phi) is 5.84. The number of benzene rings is 1. The Balaban J connectivity index is 1.61. The smallest absolute Gasteiger partial charge is 0.319 e. The Morgan fingerprint density at radius 3 is 2.29 bits per heavy atom. The van der Waals surface area contributed by atoms with E-state index in [1.165, 1.54) is 4.90 Å². The van der Waals surface area contributed by atoms with Gasteiger partial charge in [0.2, 0.25) is 11.8 Å². The number of imide groups is 1. The number of urea groups is 1. The summed E-state index contributed by atoms with van der Waals surface area (Å²) < 4.78 is 0. The quantitative estimate of drug-likeness (QED) is 0.736. The first-order chi connectivity index (χ1) is 13.2. The van der Waals surface area contributed by atoms with Crippen LogP contribution in [0.3, 0.4) is 0 Å². The number of amides is 4. The lowest BCUT2D eigenvalue weighted by molar-refractivity contribution is -0.139. The van der Waals surface area contributed by atoms with Crippen molar-refractivity contribution in [2.24, 2.45) is 5.41 Å². The topological polar surface area (TPSA) is 78.5 Å². The van der Waals surface area contributed by atoms with Crippen molar-refractivity contribution in [3.8, 4) is 0 Å². The summed E-state index contributed by atoms with van der Waals surface area (Å²) in [6.07, 6.45) is 0.579. The molecule has 1 aromatic carbocycles. The zero-order valence-electron chi connectivity index (χ0n) is 16.3. The molecule has 3 rings (SSSR count). The highest BCUT2D eigenvalue weighted by atomic mass is 32.1. The third-order valence-electron chi connectivity index (χ3n) is 4.68. The molecule has 7 heteroatoms. The third-order valence-corrected chi connectivity index (χ3v) is 5.61. The molecule has 2 heterocycles. The molecule has 4 amide bonds. The van der Waals surface area contributed by atoms with E-state index in [1.807, 2.05) is 29.6 Å². The van der Waals surface area contributed by atoms with Crippen molar-refractivity contribution in [2.45, 2.75) is 46.2 Å². The number of nitrogens with one attached hydrogen (secondary N) is 2. The summed E-state index contributed by atoms with van der Waals surface area (Å²) in [6, 6.07) is 10.8. The molecule has 0 radical (unpaired) electrons. The Bertz CT molecular complexity index is 838. The average Bonchev–Trinajstić information content (AvgIpc) is 3.26. The molecular formula is C21H25N3O3S. The number of rotatable bonds is 5. The van der Waals surface area contributed by atoms with Crippen LogP contribution in [-0.4, -0.2) is 22.7 Å². The Hall–Kier alpha value is -2.67. The van der Waals surface area contributed by atoms with Crippen molar-refractivity contribution in [2.75, 3.05) is 5.32 Å². The van der Waals surface area contributed by atoms with Gasteiger partial charge in [0, 0.05) is 23.4 Å². The van der Waals surface area contributed by atoms with Crippen LogP contribution in [0.5, 0.6) is 0 Å². The number of carbonyl (C=O) groups is 3. The second-order valence-corrected chi connectivity index (χ2v) is 8.96. The number of anilines is 1. The molecule has 0 saturated carbocycles. The van der Waals surface area contributed by atoms with E-state index in [0.717, 1.165) is 10.4 Å².